The first-order chi connectivity index (χ1) is 11.3. The number of carbonyl (C=O) groups excluding carboxylic acids is 2. The highest BCUT2D eigenvalue weighted by molar-refractivity contribution is 5.89. The van der Waals surface area contributed by atoms with Crippen LogP contribution in [-0.2, 0) is 26.9 Å². The van der Waals surface area contributed by atoms with Crippen LogP contribution in [0.15, 0.2) is 24.3 Å². The monoisotopic (exact) mass is 343 g/mol. The number of benzene rings is 1. The van der Waals surface area contributed by atoms with Gasteiger partial charge in [0.15, 0.2) is 0 Å². The van der Waals surface area contributed by atoms with Gasteiger partial charge in [-0.3, -0.25) is 4.79 Å². The van der Waals surface area contributed by atoms with Crippen molar-refractivity contribution in [2.45, 2.75) is 50.2 Å². The molecule has 7 heteroatoms. The normalized spacial score (nSPS) is 17.2. The molecule has 1 aromatic rings. The number of amides is 1. The number of esters is 1. The molecule has 0 saturated heterocycles. The van der Waals surface area contributed by atoms with Crippen molar-refractivity contribution in [1.29, 1.82) is 0 Å². The van der Waals surface area contributed by atoms with Crippen LogP contribution in [0.3, 0.4) is 0 Å². The first kappa shape index (κ1) is 18.3. The molecule has 2 rings (SSSR count). The van der Waals surface area contributed by atoms with Gasteiger partial charge in [-0.25, -0.2) is 4.79 Å². The van der Waals surface area contributed by atoms with Gasteiger partial charge in [-0.05, 0) is 30.5 Å². The number of rotatable bonds is 4. The van der Waals surface area contributed by atoms with Crippen molar-refractivity contribution < 1.29 is 27.5 Å². The van der Waals surface area contributed by atoms with Crippen LogP contribution in [0.25, 0.3) is 0 Å². The number of hydrogen-bond donors (Lipinski definition) is 1. The van der Waals surface area contributed by atoms with Crippen LogP contribution in [0.1, 0.15) is 43.2 Å². The lowest BCUT2D eigenvalue weighted by atomic mass is 9.81. The molecule has 0 aliphatic heterocycles. The smallest absolute Gasteiger partial charge is 0.416 e. The Labute approximate surface area is 138 Å². The SMILES string of the molecule is COC(=O)C1(NC(=O)Cc2ccc(C(F)(F)F)cc2)CCCCC1. The zero-order valence-electron chi connectivity index (χ0n) is 13.4. The van der Waals surface area contributed by atoms with E-state index < -0.39 is 29.2 Å². The van der Waals surface area contributed by atoms with Gasteiger partial charge in [0, 0.05) is 0 Å². The van der Waals surface area contributed by atoms with Gasteiger partial charge in [0.1, 0.15) is 5.54 Å². The minimum atomic E-state index is -4.40. The molecule has 0 aromatic heterocycles. The maximum atomic E-state index is 12.5. The van der Waals surface area contributed by atoms with Gasteiger partial charge in [-0.1, -0.05) is 31.4 Å². The summed E-state index contributed by atoms with van der Waals surface area (Å²) in [6.45, 7) is 0. The Bertz CT molecular complexity index is 590. The Morgan fingerprint density at radius 3 is 2.21 bits per heavy atom. The van der Waals surface area contributed by atoms with Crippen LogP contribution in [0, 0.1) is 0 Å². The maximum absolute atomic E-state index is 12.5. The third-order valence-electron chi connectivity index (χ3n) is 4.31. The van der Waals surface area contributed by atoms with Gasteiger partial charge in [-0.15, -0.1) is 0 Å². The second-order valence-electron chi connectivity index (χ2n) is 6.05. The van der Waals surface area contributed by atoms with Crippen molar-refractivity contribution in [2.24, 2.45) is 0 Å². The lowest BCUT2D eigenvalue weighted by Gasteiger charge is -2.35. The number of methoxy groups -OCH3 is 1. The molecule has 0 bridgehead atoms. The molecule has 0 radical (unpaired) electrons. The van der Waals surface area contributed by atoms with Crippen molar-refractivity contribution in [3.8, 4) is 0 Å². The Morgan fingerprint density at radius 2 is 1.71 bits per heavy atom. The number of carbonyl (C=O) groups is 2. The van der Waals surface area contributed by atoms with Crippen molar-refractivity contribution >= 4 is 11.9 Å². The number of ether oxygens (including phenoxy) is 1. The summed E-state index contributed by atoms with van der Waals surface area (Å²) in [7, 11) is 1.28. The second-order valence-corrected chi connectivity index (χ2v) is 6.05. The quantitative estimate of drug-likeness (QED) is 0.854. The molecule has 4 nitrogen and oxygen atoms in total. The van der Waals surface area contributed by atoms with E-state index in [-0.39, 0.29) is 6.42 Å². The molecular formula is C17H20F3NO3. The number of halogens is 3. The van der Waals surface area contributed by atoms with E-state index in [2.05, 4.69) is 5.32 Å². The summed E-state index contributed by atoms with van der Waals surface area (Å²) in [5, 5.41) is 2.74. The molecule has 0 heterocycles. The van der Waals surface area contributed by atoms with Gasteiger partial charge < -0.3 is 10.1 Å². The second kappa shape index (κ2) is 7.23. The first-order valence-electron chi connectivity index (χ1n) is 7.82. The number of alkyl halides is 3. The number of hydrogen-bond acceptors (Lipinski definition) is 3. The van der Waals surface area contributed by atoms with Crippen LogP contribution < -0.4 is 5.32 Å². The van der Waals surface area contributed by atoms with E-state index in [4.69, 9.17) is 4.74 Å². The van der Waals surface area contributed by atoms with Gasteiger partial charge in [0.25, 0.3) is 0 Å². The van der Waals surface area contributed by atoms with Gasteiger partial charge in [0.05, 0.1) is 19.1 Å². The van der Waals surface area contributed by atoms with Crippen molar-refractivity contribution in [1.82, 2.24) is 5.32 Å². The van der Waals surface area contributed by atoms with E-state index in [0.29, 0.717) is 18.4 Å². The van der Waals surface area contributed by atoms with Crippen LogP contribution >= 0.6 is 0 Å². The van der Waals surface area contributed by atoms with E-state index in [1.807, 2.05) is 0 Å². The summed E-state index contributed by atoms with van der Waals surface area (Å²) in [5.41, 5.74) is -1.32. The first-order valence-corrected chi connectivity index (χ1v) is 7.82. The zero-order valence-corrected chi connectivity index (χ0v) is 13.4. The van der Waals surface area contributed by atoms with E-state index >= 15 is 0 Å². The molecule has 1 amide bonds. The fourth-order valence-electron chi connectivity index (χ4n) is 3.04. The molecule has 24 heavy (non-hydrogen) atoms. The Kier molecular flexibility index (Phi) is 5.51. The summed E-state index contributed by atoms with van der Waals surface area (Å²) in [6.07, 6.45) is -0.843. The molecule has 0 spiro atoms. The lowest BCUT2D eigenvalue weighted by Crippen LogP contribution is -2.56. The molecule has 1 fully saturated rings. The molecular weight excluding hydrogens is 323 g/mol. The highest BCUT2D eigenvalue weighted by Crippen LogP contribution is 2.30. The van der Waals surface area contributed by atoms with Crippen molar-refractivity contribution in [3.05, 3.63) is 35.4 Å². The lowest BCUT2D eigenvalue weighted by molar-refractivity contribution is -0.152. The minimum Gasteiger partial charge on any atom is -0.467 e. The van der Waals surface area contributed by atoms with Crippen molar-refractivity contribution in [3.63, 3.8) is 0 Å². The molecule has 1 saturated carbocycles. The molecule has 132 valence electrons. The molecule has 1 aliphatic carbocycles. The van der Waals surface area contributed by atoms with Gasteiger partial charge >= 0.3 is 12.1 Å². The summed E-state index contributed by atoms with van der Waals surface area (Å²) in [6, 6.07) is 4.43. The van der Waals surface area contributed by atoms with E-state index in [9.17, 15) is 22.8 Å². The van der Waals surface area contributed by atoms with Crippen LogP contribution in [-0.4, -0.2) is 24.5 Å². The average molecular weight is 343 g/mol. The van der Waals surface area contributed by atoms with E-state index in [1.165, 1.54) is 19.2 Å². The topological polar surface area (TPSA) is 55.4 Å². The van der Waals surface area contributed by atoms with Crippen LogP contribution in [0.5, 0.6) is 0 Å². The van der Waals surface area contributed by atoms with Crippen LogP contribution in [0.4, 0.5) is 13.2 Å². The summed E-state index contributed by atoms with van der Waals surface area (Å²) in [5.74, 6) is -0.870. The largest absolute Gasteiger partial charge is 0.467 e. The van der Waals surface area contributed by atoms with Crippen LogP contribution in [0.2, 0.25) is 0 Å². The molecule has 0 atom stereocenters. The molecule has 0 unspecified atom stereocenters. The number of nitrogens with one attached hydrogen (secondary N) is 1. The standard InChI is InChI=1S/C17H20F3NO3/c1-24-15(23)16(9-3-2-4-10-16)21-14(22)11-12-5-7-13(8-6-12)17(18,19)20/h5-8H,2-4,9-11H2,1H3,(H,21,22). The van der Waals surface area contributed by atoms with E-state index in [0.717, 1.165) is 31.4 Å². The molecule has 1 N–H and O–H groups in total. The Morgan fingerprint density at radius 1 is 1.12 bits per heavy atom. The third kappa shape index (κ3) is 4.27. The van der Waals surface area contributed by atoms with Crippen molar-refractivity contribution in [2.75, 3.05) is 7.11 Å². The predicted molar refractivity (Wildman–Crippen MR) is 81.1 cm³/mol. The van der Waals surface area contributed by atoms with Gasteiger partial charge in [0.2, 0.25) is 5.91 Å². The fourth-order valence-corrected chi connectivity index (χ4v) is 3.04. The zero-order chi connectivity index (χ0) is 17.8. The summed E-state index contributed by atoms with van der Waals surface area (Å²) < 4.78 is 42.4. The molecule has 1 aromatic carbocycles. The highest BCUT2D eigenvalue weighted by Gasteiger charge is 2.41. The fraction of sp³-hybridized carbons (Fsp3) is 0.529. The third-order valence-corrected chi connectivity index (χ3v) is 4.31. The Hall–Kier alpha value is -2.05. The average Bonchev–Trinajstić information content (AvgIpc) is 2.54. The predicted octanol–water partition coefficient (Wildman–Crippen LogP) is 3.24. The minimum absolute atomic E-state index is 0.0864. The summed E-state index contributed by atoms with van der Waals surface area (Å²) in [4.78, 5) is 24.3. The molecule has 1 aliphatic rings. The Balaban J connectivity index is 2.04. The van der Waals surface area contributed by atoms with Gasteiger partial charge in [-0.2, -0.15) is 13.2 Å². The van der Waals surface area contributed by atoms with E-state index in [1.54, 1.807) is 0 Å². The highest BCUT2D eigenvalue weighted by atomic mass is 19.4. The maximum Gasteiger partial charge on any atom is 0.416 e. The summed E-state index contributed by atoms with van der Waals surface area (Å²) >= 11 is 0.